The van der Waals surface area contributed by atoms with E-state index in [4.69, 9.17) is 9.47 Å². The molecule has 5 nitrogen and oxygen atoms in total. The van der Waals surface area contributed by atoms with Crippen molar-refractivity contribution in [2.45, 2.75) is 37.8 Å². The Bertz CT molecular complexity index is 1110. The lowest BCUT2D eigenvalue weighted by atomic mass is 9.76. The summed E-state index contributed by atoms with van der Waals surface area (Å²) < 4.78 is 51.8. The van der Waals surface area contributed by atoms with Crippen LogP contribution in [0.3, 0.4) is 0 Å². The van der Waals surface area contributed by atoms with Gasteiger partial charge in [-0.25, -0.2) is 0 Å². The highest BCUT2D eigenvalue weighted by atomic mass is 19.4. The van der Waals surface area contributed by atoms with Crippen molar-refractivity contribution in [2.24, 2.45) is 0 Å². The van der Waals surface area contributed by atoms with Crippen LogP contribution >= 0.6 is 0 Å². The molecule has 1 aliphatic carbocycles. The SMILES string of the molecule is COc1ccc([C@@H]2CC(=O)N(c3ccccc3C(F)(F)F)C3=C2C(=O)CCC3)c(OC)c1. The number of methoxy groups -OCH3 is 2. The summed E-state index contributed by atoms with van der Waals surface area (Å²) in [6, 6.07) is 10.1. The molecule has 1 amide bonds. The van der Waals surface area contributed by atoms with Crippen LogP contribution in [0.1, 0.15) is 42.7 Å². The number of ether oxygens (including phenoxy) is 2. The van der Waals surface area contributed by atoms with E-state index in [1.807, 2.05) is 0 Å². The van der Waals surface area contributed by atoms with Crippen LogP contribution < -0.4 is 14.4 Å². The average molecular weight is 445 g/mol. The third-order valence-corrected chi connectivity index (χ3v) is 5.94. The van der Waals surface area contributed by atoms with Crippen molar-refractivity contribution >= 4 is 17.4 Å². The second-order valence-corrected chi connectivity index (χ2v) is 7.75. The smallest absolute Gasteiger partial charge is 0.418 e. The fourth-order valence-corrected chi connectivity index (χ4v) is 4.55. The fourth-order valence-electron chi connectivity index (χ4n) is 4.55. The van der Waals surface area contributed by atoms with Crippen LogP contribution in [0.15, 0.2) is 53.7 Å². The van der Waals surface area contributed by atoms with Crippen molar-refractivity contribution in [2.75, 3.05) is 19.1 Å². The zero-order valence-corrected chi connectivity index (χ0v) is 17.7. The molecule has 1 aliphatic heterocycles. The van der Waals surface area contributed by atoms with Gasteiger partial charge in [0.2, 0.25) is 5.91 Å². The van der Waals surface area contributed by atoms with Gasteiger partial charge in [-0.2, -0.15) is 13.2 Å². The zero-order valence-electron chi connectivity index (χ0n) is 17.7. The molecule has 32 heavy (non-hydrogen) atoms. The molecule has 8 heteroatoms. The van der Waals surface area contributed by atoms with Gasteiger partial charge in [0.25, 0.3) is 0 Å². The van der Waals surface area contributed by atoms with Gasteiger partial charge < -0.3 is 9.47 Å². The number of carbonyl (C=O) groups is 2. The standard InChI is InChI=1S/C24H22F3NO4/c1-31-14-10-11-15(21(12-14)32-2)16-13-22(30)28(19-8-5-9-20(29)23(16)19)18-7-4-3-6-17(18)24(25,26)27/h3-4,6-7,10-12,16H,5,8-9,13H2,1-2H3/t16-/m0/s1. The number of anilines is 1. The number of alkyl halides is 3. The highest BCUT2D eigenvalue weighted by molar-refractivity contribution is 6.08. The second-order valence-electron chi connectivity index (χ2n) is 7.75. The molecule has 0 N–H and O–H groups in total. The Kier molecular flexibility index (Phi) is 5.71. The molecular weight excluding hydrogens is 423 g/mol. The van der Waals surface area contributed by atoms with Crippen LogP contribution in [-0.2, 0) is 15.8 Å². The number of hydrogen-bond donors (Lipinski definition) is 0. The highest BCUT2D eigenvalue weighted by Crippen LogP contribution is 2.48. The van der Waals surface area contributed by atoms with E-state index in [0.717, 1.165) is 11.0 Å². The number of hydrogen-bond acceptors (Lipinski definition) is 4. The third-order valence-electron chi connectivity index (χ3n) is 5.94. The van der Waals surface area contributed by atoms with Crippen LogP contribution in [0, 0.1) is 0 Å². The van der Waals surface area contributed by atoms with Gasteiger partial charge in [0, 0.05) is 41.7 Å². The molecule has 2 aromatic carbocycles. The predicted molar refractivity (Wildman–Crippen MR) is 112 cm³/mol. The number of ketones is 1. The van der Waals surface area contributed by atoms with E-state index in [2.05, 4.69) is 0 Å². The lowest BCUT2D eigenvalue weighted by Crippen LogP contribution is -2.41. The normalized spacial score (nSPS) is 19.2. The van der Waals surface area contributed by atoms with Crippen molar-refractivity contribution in [3.63, 3.8) is 0 Å². The first kappa shape index (κ1) is 21.9. The number of carbonyl (C=O) groups excluding carboxylic acids is 2. The molecule has 1 atom stereocenters. The first-order chi connectivity index (χ1) is 15.3. The van der Waals surface area contributed by atoms with Crippen molar-refractivity contribution < 1.29 is 32.2 Å². The summed E-state index contributed by atoms with van der Waals surface area (Å²) in [7, 11) is 2.99. The Morgan fingerprint density at radius 1 is 1.00 bits per heavy atom. The molecular formula is C24H22F3NO4. The van der Waals surface area contributed by atoms with Crippen LogP contribution in [-0.4, -0.2) is 25.9 Å². The quantitative estimate of drug-likeness (QED) is 0.645. The molecule has 1 heterocycles. The second kappa shape index (κ2) is 8.33. The summed E-state index contributed by atoms with van der Waals surface area (Å²) in [5.41, 5.74) is 0.215. The zero-order chi connectivity index (χ0) is 23.0. The van der Waals surface area contributed by atoms with E-state index in [1.54, 1.807) is 18.2 Å². The molecule has 0 saturated heterocycles. The number of halogens is 3. The van der Waals surface area contributed by atoms with Gasteiger partial charge in [0.15, 0.2) is 5.78 Å². The maximum absolute atomic E-state index is 13.7. The van der Waals surface area contributed by atoms with E-state index in [9.17, 15) is 22.8 Å². The number of rotatable bonds is 4. The van der Waals surface area contributed by atoms with Gasteiger partial charge in [-0.1, -0.05) is 18.2 Å². The van der Waals surface area contributed by atoms with Gasteiger partial charge in [0.1, 0.15) is 11.5 Å². The Balaban J connectivity index is 1.90. The Morgan fingerprint density at radius 3 is 2.44 bits per heavy atom. The number of amides is 1. The van der Waals surface area contributed by atoms with E-state index >= 15 is 0 Å². The summed E-state index contributed by atoms with van der Waals surface area (Å²) in [5, 5.41) is 0. The van der Waals surface area contributed by atoms with Crippen LogP contribution in [0.2, 0.25) is 0 Å². The molecule has 0 bridgehead atoms. The topological polar surface area (TPSA) is 55.8 Å². The number of benzene rings is 2. The number of para-hydroxylation sites is 1. The highest BCUT2D eigenvalue weighted by Gasteiger charge is 2.43. The predicted octanol–water partition coefficient (Wildman–Crippen LogP) is 5.25. The van der Waals surface area contributed by atoms with Gasteiger partial charge in [0.05, 0.1) is 25.5 Å². The van der Waals surface area contributed by atoms with Crippen molar-refractivity contribution in [3.8, 4) is 11.5 Å². The lowest BCUT2D eigenvalue weighted by Gasteiger charge is -2.39. The van der Waals surface area contributed by atoms with Crippen molar-refractivity contribution in [1.82, 2.24) is 0 Å². The minimum atomic E-state index is -4.63. The van der Waals surface area contributed by atoms with Gasteiger partial charge in [-0.05, 0) is 31.0 Å². The molecule has 0 saturated carbocycles. The molecule has 168 valence electrons. The minimum absolute atomic E-state index is 0.139. The molecule has 2 aromatic rings. The summed E-state index contributed by atoms with van der Waals surface area (Å²) in [6.07, 6.45) is -3.67. The lowest BCUT2D eigenvalue weighted by molar-refractivity contribution is -0.137. The van der Waals surface area contributed by atoms with E-state index < -0.39 is 23.6 Å². The van der Waals surface area contributed by atoms with Crippen LogP contribution in [0.5, 0.6) is 11.5 Å². The number of allylic oxidation sites excluding steroid dienone is 2. The maximum Gasteiger partial charge on any atom is 0.418 e. The first-order valence-corrected chi connectivity index (χ1v) is 10.2. The molecule has 2 aliphatic rings. The summed E-state index contributed by atoms with van der Waals surface area (Å²) >= 11 is 0. The van der Waals surface area contributed by atoms with Crippen LogP contribution in [0.25, 0.3) is 0 Å². The molecule has 0 spiro atoms. The summed E-state index contributed by atoms with van der Waals surface area (Å²) in [4.78, 5) is 27.4. The first-order valence-electron chi connectivity index (χ1n) is 10.2. The fraction of sp³-hybridized carbons (Fsp3) is 0.333. The Morgan fingerprint density at radius 2 is 1.75 bits per heavy atom. The van der Waals surface area contributed by atoms with E-state index in [1.165, 1.54) is 32.4 Å². The largest absolute Gasteiger partial charge is 0.497 e. The van der Waals surface area contributed by atoms with Gasteiger partial charge >= 0.3 is 6.18 Å². The average Bonchev–Trinajstić information content (AvgIpc) is 2.77. The Labute approximate surface area is 183 Å². The van der Waals surface area contributed by atoms with Gasteiger partial charge in [-0.15, -0.1) is 0 Å². The van der Waals surface area contributed by atoms with E-state index in [-0.39, 0.29) is 24.3 Å². The number of nitrogens with zero attached hydrogens (tertiary/aromatic N) is 1. The van der Waals surface area contributed by atoms with Crippen LogP contribution in [0.4, 0.5) is 18.9 Å². The monoisotopic (exact) mass is 445 g/mol. The minimum Gasteiger partial charge on any atom is -0.497 e. The molecule has 0 aromatic heterocycles. The maximum atomic E-state index is 13.7. The molecule has 4 rings (SSSR count). The number of Topliss-reactive ketones (excluding diaryl/α,β-unsaturated/α-hetero) is 1. The summed E-state index contributed by atoms with van der Waals surface area (Å²) in [5.74, 6) is -0.233. The van der Waals surface area contributed by atoms with Crippen molar-refractivity contribution in [1.29, 1.82) is 0 Å². The molecule has 0 fully saturated rings. The van der Waals surface area contributed by atoms with Gasteiger partial charge in [-0.3, -0.25) is 14.5 Å². The molecule has 0 unspecified atom stereocenters. The molecule has 0 radical (unpaired) electrons. The third kappa shape index (κ3) is 3.74. The summed E-state index contributed by atoms with van der Waals surface area (Å²) in [6.45, 7) is 0. The van der Waals surface area contributed by atoms with E-state index in [0.29, 0.717) is 41.2 Å². The van der Waals surface area contributed by atoms with Crippen molar-refractivity contribution in [3.05, 3.63) is 64.9 Å². The Hall–Kier alpha value is -3.29.